The first-order valence-corrected chi connectivity index (χ1v) is 16.1. The smallest absolute Gasteiger partial charge is 0.519 e. The number of halogens is 25. The number of rotatable bonds is 5. The van der Waals surface area contributed by atoms with Crippen LogP contribution in [0, 0.1) is 122 Å². The van der Waals surface area contributed by atoms with Gasteiger partial charge >= 0.3 is 19.0 Å². The van der Waals surface area contributed by atoms with Crippen LogP contribution < -0.4 is 14.8 Å². The van der Waals surface area contributed by atoms with Crippen molar-refractivity contribution in [3.8, 4) is 33.8 Å². The van der Waals surface area contributed by atoms with Crippen LogP contribution in [0.4, 0.5) is 110 Å². The standard InChI is InChI=1S/C36BF25O2/c38-12-1-2-8(19(45)29(55)23(49)13(2)39)35(59,60)7(1)11(21(47)22(12)48)37(63-33-6-5(17(43)28(54)31(33)57)16(42)25(51)26(52)18(6)44)64-34-10-4(15(41)27(53)32(34)58)3-9(36(10,61)62)20(46)30(56)24(50)14(3)40. The van der Waals surface area contributed by atoms with Crippen LogP contribution in [0.25, 0.3) is 33.0 Å². The van der Waals surface area contributed by atoms with Gasteiger partial charge in [0, 0.05) is 27.8 Å². The quantitative estimate of drug-likeness (QED) is 0.0742. The summed E-state index contributed by atoms with van der Waals surface area (Å²) in [5.74, 6) is -85.5. The highest BCUT2D eigenvalue weighted by Crippen LogP contribution is 2.59. The van der Waals surface area contributed by atoms with Crippen molar-refractivity contribution in [2.24, 2.45) is 0 Å². The Hall–Kier alpha value is -6.51. The average Bonchev–Trinajstić information content (AvgIpc) is 3.64. The first-order chi connectivity index (χ1) is 29.6. The number of alkyl halides is 4. The molecule has 0 radical (unpaired) electrons. The maximum absolute atomic E-state index is 16.3. The first kappa shape index (κ1) is 44.1. The summed E-state index contributed by atoms with van der Waals surface area (Å²) in [5, 5.41) is -5.34. The molecule has 6 aromatic carbocycles. The van der Waals surface area contributed by atoms with Crippen LogP contribution in [0.5, 0.6) is 11.5 Å². The molecule has 2 aliphatic rings. The molecule has 0 saturated carbocycles. The Morgan fingerprint density at radius 1 is 0.250 bits per heavy atom. The second kappa shape index (κ2) is 13.7. The molecule has 334 valence electrons. The molecule has 0 N–H and O–H groups in total. The summed E-state index contributed by atoms with van der Waals surface area (Å²) in [4.78, 5) is 0. The van der Waals surface area contributed by atoms with Gasteiger partial charge in [0.05, 0.1) is 32.9 Å². The third-order valence-electron chi connectivity index (χ3n) is 9.92. The SMILES string of the molecule is Fc1c(F)c(F)c2c(c1F)-c1c(F)c(F)c(F)c(OB(Oc3c(F)c(F)c(F)c4c(F)c(F)c(F)c(F)c34)c3c(F)c(F)c(F)c4c3C(F)(F)c3c(F)c(F)c(F)c(F)c3-4)c1C2(F)F. The van der Waals surface area contributed by atoms with Gasteiger partial charge in [-0.05, 0) is 0 Å². The van der Waals surface area contributed by atoms with Gasteiger partial charge in [0.1, 0.15) is 0 Å². The molecule has 0 amide bonds. The van der Waals surface area contributed by atoms with E-state index in [1.165, 1.54) is 0 Å². The molecule has 0 bridgehead atoms. The van der Waals surface area contributed by atoms with Crippen LogP contribution in [0.15, 0.2) is 0 Å². The lowest BCUT2D eigenvalue weighted by atomic mass is 9.72. The molecule has 0 spiro atoms. The fourth-order valence-corrected chi connectivity index (χ4v) is 7.25. The van der Waals surface area contributed by atoms with Crippen LogP contribution in [-0.4, -0.2) is 7.12 Å². The minimum absolute atomic E-state index is 2.57. The molecule has 0 unspecified atom stereocenters. The van der Waals surface area contributed by atoms with Crippen molar-refractivity contribution in [2.75, 3.05) is 0 Å². The maximum atomic E-state index is 16.3. The summed E-state index contributed by atoms with van der Waals surface area (Å²) in [6.45, 7) is 0. The highest BCUT2D eigenvalue weighted by molar-refractivity contribution is 6.64. The van der Waals surface area contributed by atoms with Crippen molar-refractivity contribution in [1.29, 1.82) is 0 Å². The number of hydrogen-bond donors (Lipinski definition) is 0. The molecule has 28 heteroatoms. The van der Waals surface area contributed by atoms with Crippen molar-refractivity contribution in [3.05, 3.63) is 144 Å². The largest absolute Gasteiger partial charge is 0.636 e. The van der Waals surface area contributed by atoms with Gasteiger partial charge in [-0.15, -0.1) is 0 Å². The third kappa shape index (κ3) is 5.23. The zero-order valence-corrected chi connectivity index (χ0v) is 28.8. The van der Waals surface area contributed by atoms with Crippen LogP contribution in [0.1, 0.15) is 22.3 Å². The highest BCUT2D eigenvalue weighted by Gasteiger charge is 2.60. The minimum Gasteiger partial charge on any atom is -0.519 e. The van der Waals surface area contributed by atoms with Gasteiger partial charge in [-0.2, -0.15) is 26.3 Å². The Morgan fingerprint density at radius 2 is 0.531 bits per heavy atom. The predicted octanol–water partition coefficient (Wildman–Crippen LogP) is 11.9. The lowest BCUT2D eigenvalue weighted by Crippen LogP contribution is -2.49. The van der Waals surface area contributed by atoms with Gasteiger partial charge in [0.25, 0.3) is 0 Å². The van der Waals surface area contributed by atoms with E-state index in [0.717, 1.165) is 0 Å². The van der Waals surface area contributed by atoms with Crippen molar-refractivity contribution >= 4 is 23.4 Å². The molecule has 64 heavy (non-hydrogen) atoms. The molecule has 0 aromatic heterocycles. The van der Waals surface area contributed by atoms with E-state index in [1.54, 1.807) is 0 Å². The van der Waals surface area contributed by atoms with Gasteiger partial charge in [-0.1, -0.05) is 0 Å². The molecule has 0 fully saturated rings. The van der Waals surface area contributed by atoms with Crippen molar-refractivity contribution < 1.29 is 119 Å². The van der Waals surface area contributed by atoms with Crippen LogP contribution in [0.2, 0.25) is 0 Å². The Labute approximate surface area is 332 Å². The van der Waals surface area contributed by atoms with E-state index in [9.17, 15) is 43.9 Å². The summed E-state index contributed by atoms with van der Waals surface area (Å²) in [6.07, 6.45) is 0. The van der Waals surface area contributed by atoms with Crippen LogP contribution in [-0.2, 0) is 11.8 Å². The molecular weight excluding hydrogens is 950 g/mol. The van der Waals surface area contributed by atoms with Gasteiger partial charge in [0.2, 0.25) is 11.6 Å². The van der Waals surface area contributed by atoms with E-state index in [4.69, 9.17) is 0 Å². The number of fused-ring (bicyclic) bond motifs is 7. The van der Waals surface area contributed by atoms with Gasteiger partial charge in [0.15, 0.2) is 122 Å². The van der Waals surface area contributed by atoms with E-state index < -0.39 is 213 Å². The first-order valence-electron chi connectivity index (χ1n) is 16.1. The van der Waals surface area contributed by atoms with Crippen LogP contribution >= 0.6 is 0 Å². The van der Waals surface area contributed by atoms with E-state index in [-0.39, 0.29) is 0 Å². The number of hydrogen-bond acceptors (Lipinski definition) is 2. The zero-order valence-electron chi connectivity index (χ0n) is 28.8. The van der Waals surface area contributed by atoms with Gasteiger partial charge < -0.3 is 9.31 Å². The van der Waals surface area contributed by atoms with Crippen molar-refractivity contribution in [1.82, 2.24) is 0 Å². The molecule has 6 aromatic rings. The predicted molar refractivity (Wildman–Crippen MR) is 159 cm³/mol. The van der Waals surface area contributed by atoms with Gasteiger partial charge in [-0.3, -0.25) is 0 Å². The molecule has 0 saturated heterocycles. The summed E-state index contributed by atoms with van der Waals surface area (Å²) in [5.41, 5.74) is -25.6. The van der Waals surface area contributed by atoms with Crippen LogP contribution in [0.3, 0.4) is 0 Å². The van der Waals surface area contributed by atoms with E-state index >= 15 is 65.9 Å². The fourth-order valence-electron chi connectivity index (χ4n) is 7.25. The topological polar surface area (TPSA) is 18.5 Å². The molecule has 0 heterocycles. The molecule has 0 atom stereocenters. The van der Waals surface area contributed by atoms with E-state index in [2.05, 4.69) is 9.31 Å². The van der Waals surface area contributed by atoms with Crippen molar-refractivity contribution in [2.45, 2.75) is 11.8 Å². The summed E-state index contributed by atoms with van der Waals surface area (Å²) >= 11 is 0. The van der Waals surface area contributed by atoms with Gasteiger partial charge in [-0.25, -0.2) is 83.4 Å². The third-order valence-corrected chi connectivity index (χ3v) is 9.92. The Bertz CT molecular complexity index is 3200. The highest BCUT2D eigenvalue weighted by atomic mass is 19.3. The molecule has 8 rings (SSSR count). The monoisotopic (exact) mass is 950 g/mol. The second-order valence-corrected chi connectivity index (χ2v) is 13.1. The summed E-state index contributed by atoms with van der Waals surface area (Å²) in [7, 11) is -4.69. The molecular formula is C36BF25O2. The normalized spacial score (nSPS) is 14.3. The summed E-state index contributed by atoms with van der Waals surface area (Å²) < 4.78 is 389. The second-order valence-electron chi connectivity index (χ2n) is 13.1. The Morgan fingerprint density at radius 3 is 0.984 bits per heavy atom. The summed E-state index contributed by atoms with van der Waals surface area (Å²) in [6, 6.07) is 0. The Balaban J connectivity index is 1.54. The van der Waals surface area contributed by atoms with E-state index in [1.807, 2.05) is 0 Å². The fraction of sp³-hybridized carbons (Fsp3) is 0.0556. The zero-order chi connectivity index (χ0) is 47.6. The molecule has 2 nitrogen and oxygen atoms in total. The minimum atomic E-state index is -6.02. The van der Waals surface area contributed by atoms with Crippen molar-refractivity contribution in [3.63, 3.8) is 0 Å². The average molecular weight is 950 g/mol. The Kier molecular flexibility index (Phi) is 9.48. The molecule has 0 aliphatic heterocycles. The lowest BCUT2D eigenvalue weighted by Gasteiger charge is -2.26. The molecule has 2 aliphatic carbocycles. The van der Waals surface area contributed by atoms with E-state index in [0.29, 0.717) is 0 Å². The maximum Gasteiger partial charge on any atom is 0.636 e. The lowest BCUT2D eigenvalue weighted by molar-refractivity contribution is 0.0399. The number of benzene rings is 6.